The van der Waals surface area contributed by atoms with Crippen LogP contribution in [0.1, 0.15) is 5.56 Å². The van der Waals surface area contributed by atoms with Crippen LogP contribution < -0.4 is 4.74 Å². The molecule has 0 spiro atoms. The Bertz CT molecular complexity index is 341. The third kappa shape index (κ3) is 1.82. The summed E-state index contributed by atoms with van der Waals surface area (Å²) in [4.78, 5) is 0. The maximum absolute atomic E-state index is 5.98. The van der Waals surface area contributed by atoms with Gasteiger partial charge >= 0.3 is 95.3 Å². The summed E-state index contributed by atoms with van der Waals surface area (Å²) >= 11 is 14.8. The van der Waals surface area contributed by atoms with E-state index in [1.54, 1.807) is 6.07 Å². The normalized spacial score (nSPS) is 19.8. The summed E-state index contributed by atoms with van der Waals surface area (Å²) in [6.07, 6.45) is 1.11. The van der Waals surface area contributed by atoms with Gasteiger partial charge in [0, 0.05) is 0 Å². The van der Waals surface area contributed by atoms with Crippen LogP contribution in [0.15, 0.2) is 12.1 Å². The molecule has 0 aliphatic carbocycles. The summed E-state index contributed by atoms with van der Waals surface area (Å²) in [6, 6.07) is 3.63. The zero-order valence-corrected chi connectivity index (χ0v) is 9.94. The average molecular weight is 281 g/mol. The predicted octanol–water partition coefficient (Wildman–Crippen LogP) is 2.88. The molecule has 1 unspecified atom stereocenters. The Labute approximate surface area is 95.2 Å². The standard InChI is InChI=1S/C9H7Cl2OSe/c10-6-1-5-2-7(4-13)12-9(5)8(11)3-6/h1,3,7H,2,4H2. The third-order valence-electron chi connectivity index (χ3n) is 2.00. The number of benzene rings is 1. The van der Waals surface area contributed by atoms with Gasteiger partial charge in [-0.05, 0) is 0 Å². The second-order valence-electron chi connectivity index (χ2n) is 2.99. The Kier molecular flexibility index (Phi) is 2.75. The van der Waals surface area contributed by atoms with Gasteiger partial charge in [-0.2, -0.15) is 0 Å². The molecule has 0 saturated heterocycles. The van der Waals surface area contributed by atoms with Crippen molar-refractivity contribution in [2.75, 3.05) is 0 Å². The predicted molar refractivity (Wildman–Crippen MR) is 55.1 cm³/mol. The van der Waals surface area contributed by atoms with E-state index in [1.807, 2.05) is 6.07 Å². The molecule has 0 saturated carbocycles. The van der Waals surface area contributed by atoms with E-state index in [-0.39, 0.29) is 6.10 Å². The van der Waals surface area contributed by atoms with Crippen LogP contribution >= 0.6 is 23.2 Å². The number of rotatable bonds is 1. The van der Waals surface area contributed by atoms with E-state index >= 15 is 0 Å². The van der Waals surface area contributed by atoms with Gasteiger partial charge in [0.15, 0.2) is 0 Å². The quantitative estimate of drug-likeness (QED) is 0.719. The molecular formula is C9H7Cl2OSe. The molecule has 1 aliphatic rings. The third-order valence-corrected chi connectivity index (χ3v) is 3.28. The number of ether oxygens (including phenoxy) is 1. The van der Waals surface area contributed by atoms with Crippen LogP contribution in [-0.4, -0.2) is 22.1 Å². The van der Waals surface area contributed by atoms with Crippen molar-refractivity contribution in [2.45, 2.75) is 17.8 Å². The molecule has 2 rings (SSSR count). The first kappa shape index (κ1) is 9.67. The molecule has 69 valence electrons. The molecule has 1 radical (unpaired) electrons. The van der Waals surface area contributed by atoms with Crippen molar-refractivity contribution in [1.29, 1.82) is 0 Å². The number of hydrogen-bond acceptors (Lipinski definition) is 1. The second-order valence-corrected chi connectivity index (χ2v) is 4.53. The molecule has 1 aromatic carbocycles. The molecule has 1 atom stereocenters. The van der Waals surface area contributed by atoms with Gasteiger partial charge in [0.25, 0.3) is 0 Å². The fourth-order valence-electron chi connectivity index (χ4n) is 1.44. The minimum absolute atomic E-state index is 0.214. The first-order valence-corrected chi connectivity index (χ1v) is 5.90. The van der Waals surface area contributed by atoms with Crippen LogP contribution in [0.4, 0.5) is 0 Å². The van der Waals surface area contributed by atoms with Crippen molar-refractivity contribution in [3.63, 3.8) is 0 Å². The molecule has 0 N–H and O–H groups in total. The maximum atomic E-state index is 5.98. The van der Waals surface area contributed by atoms with E-state index in [9.17, 15) is 0 Å². The first-order valence-electron chi connectivity index (χ1n) is 3.93. The van der Waals surface area contributed by atoms with Gasteiger partial charge in [-0.15, -0.1) is 0 Å². The van der Waals surface area contributed by atoms with Gasteiger partial charge < -0.3 is 0 Å². The Morgan fingerprint density at radius 3 is 2.92 bits per heavy atom. The van der Waals surface area contributed by atoms with E-state index in [2.05, 4.69) is 16.0 Å². The second kappa shape index (κ2) is 3.70. The fourth-order valence-corrected chi connectivity index (χ4v) is 2.41. The Balaban J connectivity index is 2.40. The van der Waals surface area contributed by atoms with Crippen molar-refractivity contribution in [3.8, 4) is 5.75 Å². The Morgan fingerprint density at radius 2 is 2.23 bits per heavy atom. The number of fused-ring (bicyclic) bond motifs is 1. The van der Waals surface area contributed by atoms with Crippen molar-refractivity contribution < 1.29 is 4.74 Å². The summed E-state index contributed by atoms with van der Waals surface area (Å²) < 4.78 is 5.62. The van der Waals surface area contributed by atoms with Crippen molar-refractivity contribution in [3.05, 3.63) is 27.7 Å². The zero-order valence-electron chi connectivity index (χ0n) is 6.72. The van der Waals surface area contributed by atoms with E-state index in [0.29, 0.717) is 10.0 Å². The number of halogens is 2. The van der Waals surface area contributed by atoms with Gasteiger partial charge in [-0.3, -0.25) is 0 Å². The minimum atomic E-state index is 0.214. The van der Waals surface area contributed by atoms with E-state index < -0.39 is 0 Å². The van der Waals surface area contributed by atoms with Crippen molar-refractivity contribution >= 4 is 39.2 Å². The van der Waals surface area contributed by atoms with Crippen LogP contribution in [0.2, 0.25) is 15.4 Å². The average Bonchev–Trinajstić information content (AvgIpc) is 2.47. The van der Waals surface area contributed by atoms with Crippen LogP contribution in [0.25, 0.3) is 0 Å². The van der Waals surface area contributed by atoms with Crippen LogP contribution in [0.3, 0.4) is 0 Å². The summed E-state index contributed by atoms with van der Waals surface area (Å²) in [5, 5.41) is 2.16. The summed E-state index contributed by atoms with van der Waals surface area (Å²) in [6.45, 7) is 0. The molecule has 4 heteroatoms. The molecule has 0 fully saturated rings. The van der Waals surface area contributed by atoms with E-state index in [0.717, 1.165) is 23.1 Å². The first-order chi connectivity index (χ1) is 6.20. The number of hydrogen-bond donors (Lipinski definition) is 0. The van der Waals surface area contributed by atoms with Gasteiger partial charge in [0.1, 0.15) is 0 Å². The molecule has 1 nitrogen and oxygen atoms in total. The molecule has 0 bridgehead atoms. The van der Waals surface area contributed by atoms with E-state index in [4.69, 9.17) is 27.9 Å². The van der Waals surface area contributed by atoms with Gasteiger partial charge in [-0.25, -0.2) is 0 Å². The molecule has 0 aromatic heterocycles. The molecule has 1 aromatic rings. The van der Waals surface area contributed by atoms with Gasteiger partial charge in [0.05, 0.1) is 0 Å². The Hall–Kier alpha value is 0.119. The molecule has 0 amide bonds. The SMILES string of the molecule is Clc1cc(Cl)c2c(c1)CC(C[Se])O2. The van der Waals surface area contributed by atoms with Crippen molar-refractivity contribution in [2.24, 2.45) is 0 Å². The van der Waals surface area contributed by atoms with Crippen LogP contribution in [0, 0.1) is 0 Å². The van der Waals surface area contributed by atoms with E-state index in [1.165, 1.54) is 0 Å². The molecular weight excluding hydrogens is 274 g/mol. The van der Waals surface area contributed by atoms with Crippen molar-refractivity contribution in [1.82, 2.24) is 0 Å². The molecule has 1 aliphatic heterocycles. The summed E-state index contributed by atoms with van der Waals surface area (Å²) in [7, 11) is 0. The van der Waals surface area contributed by atoms with Gasteiger partial charge in [-0.1, -0.05) is 0 Å². The topological polar surface area (TPSA) is 9.23 Å². The van der Waals surface area contributed by atoms with Crippen LogP contribution in [0.5, 0.6) is 5.75 Å². The zero-order chi connectivity index (χ0) is 9.42. The molecule has 13 heavy (non-hydrogen) atoms. The van der Waals surface area contributed by atoms with Crippen LogP contribution in [-0.2, 0) is 6.42 Å². The summed E-state index contributed by atoms with van der Waals surface area (Å²) in [5.74, 6) is 0.798. The monoisotopic (exact) mass is 281 g/mol. The summed E-state index contributed by atoms with van der Waals surface area (Å²) in [5.41, 5.74) is 1.11. The van der Waals surface area contributed by atoms with Gasteiger partial charge in [0.2, 0.25) is 0 Å². The fraction of sp³-hybridized carbons (Fsp3) is 0.333. The Morgan fingerprint density at radius 1 is 1.46 bits per heavy atom. The molecule has 1 heterocycles.